The van der Waals surface area contributed by atoms with Gasteiger partial charge in [0.25, 0.3) is 0 Å². The topological polar surface area (TPSA) is 74.4 Å². The van der Waals surface area contributed by atoms with Crippen molar-refractivity contribution in [1.82, 2.24) is 9.88 Å². The van der Waals surface area contributed by atoms with E-state index < -0.39 is 0 Å². The summed E-state index contributed by atoms with van der Waals surface area (Å²) in [5, 5.41) is 3.06. The van der Waals surface area contributed by atoms with Gasteiger partial charge in [0.1, 0.15) is 5.69 Å². The van der Waals surface area contributed by atoms with Gasteiger partial charge in [-0.05, 0) is 69.9 Å². The van der Waals surface area contributed by atoms with Crippen molar-refractivity contribution in [3.8, 4) is 0 Å². The molecule has 0 saturated carbocycles. The SMILES string of the molecule is CCOC(=O)c1[nH]c(C)c(CN(Cc2ccc(C)cc2)C(=O)Nc2ccc(C)cc2C)c1C. The van der Waals surface area contributed by atoms with Crippen LogP contribution in [0.5, 0.6) is 0 Å². The average molecular weight is 448 g/mol. The number of benzene rings is 2. The summed E-state index contributed by atoms with van der Waals surface area (Å²) in [4.78, 5) is 30.6. The molecule has 6 heteroatoms. The van der Waals surface area contributed by atoms with E-state index in [2.05, 4.69) is 10.3 Å². The number of H-pyrrole nitrogens is 1. The molecule has 0 aliphatic carbocycles. The summed E-state index contributed by atoms with van der Waals surface area (Å²) in [5.74, 6) is -0.380. The Balaban J connectivity index is 1.91. The van der Waals surface area contributed by atoms with Crippen LogP contribution in [-0.4, -0.2) is 28.5 Å². The van der Waals surface area contributed by atoms with Gasteiger partial charge < -0.3 is 19.9 Å². The van der Waals surface area contributed by atoms with Crippen molar-refractivity contribution >= 4 is 17.7 Å². The van der Waals surface area contributed by atoms with Gasteiger partial charge in [-0.25, -0.2) is 9.59 Å². The summed E-state index contributed by atoms with van der Waals surface area (Å²) in [6.45, 7) is 12.7. The standard InChI is InChI=1S/C27H33N3O3/c1-7-33-26(31)25-20(5)23(21(6)28-25)16-30(15-22-11-8-17(2)9-12-22)27(32)29-24-13-10-18(3)14-19(24)4/h8-14,28H,7,15-16H2,1-6H3,(H,29,32). The predicted octanol–water partition coefficient (Wildman–Crippen LogP) is 5.97. The molecular formula is C27H33N3O3. The number of hydrogen-bond acceptors (Lipinski definition) is 3. The van der Waals surface area contributed by atoms with Crippen LogP contribution in [0.2, 0.25) is 0 Å². The van der Waals surface area contributed by atoms with Gasteiger partial charge in [0.2, 0.25) is 0 Å². The second kappa shape index (κ2) is 10.4. The van der Waals surface area contributed by atoms with Crippen LogP contribution in [0, 0.1) is 34.6 Å². The summed E-state index contributed by atoms with van der Waals surface area (Å²) in [7, 11) is 0. The number of nitrogens with zero attached hydrogens (tertiary/aromatic N) is 1. The van der Waals surface area contributed by atoms with Gasteiger partial charge in [-0.15, -0.1) is 0 Å². The lowest BCUT2D eigenvalue weighted by molar-refractivity contribution is 0.0519. The number of hydrogen-bond donors (Lipinski definition) is 2. The van der Waals surface area contributed by atoms with Crippen LogP contribution in [-0.2, 0) is 17.8 Å². The van der Waals surface area contributed by atoms with E-state index in [0.29, 0.717) is 25.4 Å². The Morgan fingerprint density at radius 3 is 2.24 bits per heavy atom. The number of aromatic amines is 1. The minimum absolute atomic E-state index is 0.194. The lowest BCUT2D eigenvalue weighted by Gasteiger charge is -2.24. The zero-order valence-corrected chi connectivity index (χ0v) is 20.3. The van der Waals surface area contributed by atoms with Gasteiger partial charge >= 0.3 is 12.0 Å². The number of aryl methyl sites for hydroxylation is 4. The maximum absolute atomic E-state index is 13.4. The average Bonchev–Trinajstić information content (AvgIpc) is 3.05. The highest BCUT2D eigenvalue weighted by Crippen LogP contribution is 2.23. The number of ether oxygens (including phenoxy) is 1. The van der Waals surface area contributed by atoms with E-state index in [-0.39, 0.29) is 12.0 Å². The number of esters is 1. The molecule has 3 aromatic rings. The maximum atomic E-state index is 13.4. The first kappa shape index (κ1) is 24.1. The molecule has 0 saturated heterocycles. The highest BCUT2D eigenvalue weighted by molar-refractivity contribution is 5.91. The zero-order chi connectivity index (χ0) is 24.1. The molecule has 1 aromatic heterocycles. The zero-order valence-electron chi connectivity index (χ0n) is 20.3. The van der Waals surface area contributed by atoms with Crippen molar-refractivity contribution in [1.29, 1.82) is 0 Å². The highest BCUT2D eigenvalue weighted by Gasteiger charge is 2.23. The number of nitrogens with one attached hydrogen (secondary N) is 2. The summed E-state index contributed by atoms with van der Waals surface area (Å²) >= 11 is 0. The second-order valence-electron chi connectivity index (χ2n) is 8.54. The number of amides is 2. The minimum atomic E-state index is -0.380. The van der Waals surface area contributed by atoms with Crippen molar-refractivity contribution in [2.24, 2.45) is 0 Å². The molecule has 2 N–H and O–H groups in total. The molecule has 0 aliphatic rings. The minimum Gasteiger partial charge on any atom is -0.461 e. The molecule has 0 spiro atoms. The third-order valence-electron chi connectivity index (χ3n) is 5.83. The lowest BCUT2D eigenvalue weighted by Crippen LogP contribution is -2.34. The van der Waals surface area contributed by atoms with E-state index in [1.807, 2.05) is 77.1 Å². The smallest absolute Gasteiger partial charge is 0.355 e. The molecule has 0 atom stereocenters. The van der Waals surface area contributed by atoms with Crippen LogP contribution in [0.3, 0.4) is 0 Å². The first-order valence-electron chi connectivity index (χ1n) is 11.2. The van der Waals surface area contributed by atoms with E-state index >= 15 is 0 Å². The number of anilines is 1. The molecular weight excluding hydrogens is 414 g/mol. The molecule has 3 rings (SSSR count). The van der Waals surface area contributed by atoms with Crippen molar-refractivity contribution in [3.05, 3.63) is 87.2 Å². The molecule has 2 amide bonds. The van der Waals surface area contributed by atoms with Gasteiger partial charge in [-0.3, -0.25) is 0 Å². The Morgan fingerprint density at radius 1 is 0.939 bits per heavy atom. The van der Waals surface area contributed by atoms with Crippen LogP contribution in [0.4, 0.5) is 10.5 Å². The fraction of sp³-hybridized carbons (Fsp3) is 0.333. The molecule has 2 aromatic carbocycles. The van der Waals surface area contributed by atoms with Gasteiger partial charge in [0, 0.05) is 24.5 Å². The number of rotatable bonds is 7. The number of carbonyl (C=O) groups is 2. The van der Waals surface area contributed by atoms with Gasteiger partial charge in [-0.1, -0.05) is 47.5 Å². The molecule has 174 valence electrons. The van der Waals surface area contributed by atoms with Gasteiger partial charge in [0.15, 0.2) is 0 Å². The van der Waals surface area contributed by atoms with Crippen LogP contribution >= 0.6 is 0 Å². The number of carbonyl (C=O) groups excluding carboxylic acids is 2. The largest absolute Gasteiger partial charge is 0.461 e. The van der Waals surface area contributed by atoms with E-state index in [1.54, 1.807) is 11.8 Å². The molecule has 0 bridgehead atoms. The van der Waals surface area contributed by atoms with Crippen LogP contribution < -0.4 is 5.32 Å². The highest BCUT2D eigenvalue weighted by atomic mass is 16.5. The summed E-state index contributed by atoms with van der Waals surface area (Å²) in [6.07, 6.45) is 0. The van der Waals surface area contributed by atoms with Gasteiger partial charge in [-0.2, -0.15) is 0 Å². The van der Waals surface area contributed by atoms with E-state index in [0.717, 1.165) is 39.2 Å². The number of urea groups is 1. The molecule has 0 unspecified atom stereocenters. The molecule has 33 heavy (non-hydrogen) atoms. The van der Waals surface area contributed by atoms with E-state index in [9.17, 15) is 9.59 Å². The maximum Gasteiger partial charge on any atom is 0.355 e. The third-order valence-corrected chi connectivity index (χ3v) is 5.83. The molecule has 0 aliphatic heterocycles. The summed E-state index contributed by atoms with van der Waals surface area (Å²) < 4.78 is 5.18. The van der Waals surface area contributed by atoms with Gasteiger partial charge in [0.05, 0.1) is 6.61 Å². The van der Waals surface area contributed by atoms with Crippen molar-refractivity contribution in [3.63, 3.8) is 0 Å². The van der Waals surface area contributed by atoms with Crippen molar-refractivity contribution in [2.75, 3.05) is 11.9 Å². The van der Waals surface area contributed by atoms with Crippen LogP contribution in [0.25, 0.3) is 0 Å². The fourth-order valence-corrected chi connectivity index (χ4v) is 3.89. The fourth-order valence-electron chi connectivity index (χ4n) is 3.89. The summed E-state index contributed by atoms with van der Waals surface area (Å²) in [6, 6.07) is 13.9. The van der Waals surface area contributed by atoms with Crippen molar-refractivity contribution in [2.45, 2.75) is 54.6 Å². The van der Waals surface area contributed by atoms with Crippen LogP contribution in [0.1, 0.15) is 56.5 Å². The molecule has 0 radical (unpaired) electrons. The quantitative estimate of drug-likeness (QED) is 0.438. The Bertz CT molecular complexity index is 1150. The molecule has 1 heterocycles. The second-order valence-corrected chi connectivity index (χ2v) is 8.54. The van der Waals surface area contributed by atoms with E-state index in [4.69, 9.17) is 4.74 Å². The Morgan fingerprint density at radius 2 is 1.61 bits per heavy atom. The number of aromatic nitrogens is 1. The first-order chi connectivity index (χ1) is 15.7. The third kappa shape index (κ3) is 5.83. The monoisotopic (exact) mass is 447 g/mol. The molecule has 0 fully saturated rings. The summed E-state index contributed by atoms with van der Waals surface area (Å²) in [5.41, 5.74) is 8.16. The Hall–Kier alpha value is -3.54. The van der Waals surface area contributed by atoms with E-state index in [1.165, 1.54) is 5.56 Å². The predicted molar refractivity (Wildman–Crippen MR) is 132 cm³/mol. The van der Waals surface area contributed by atoms with Crippen molar-refractivity contribution < 1.29 is 14.3 Å². The van der Waals surface area contributed by atoms with Crippen LogP contribution in [0.15, 0.2) is 42.5 Å². The lowest BCUT2D eigenvalue weighted by atomic mass is 10.1. The molecule has 6 nitrogen and oxygen atoms in total. The Labute approximate surface area is 196 Å². The normalized spacial score (nSPS) is 10.7. The first-order valence-corrected chi connectivity index (χ1v) is 11.2. The Kier molecular flexibility index (Phi) is 7.59.